The summed E-state index contributed by atoms with van der Waals surface area (Å²) in [4.78, 5) is 2.59. The third kappa shape index (κ3) is 1.25. The minimum Gasteiger partial charge on any atom is -0.303 e. The molecule has 0 aliphatic carbocycles. The van der Waals surface area contributed by atoms with Gasteiger partial charge in [0.2, 0.25) is 0 Å². The summed E-state index contributed by atoms with van der Waals surface area (Å²) in [7, 11) is 0. The summed E-state index contributed by atoms with van der Waals surface area (Å²) in [5.41, 5.74) is 0. The van der Waals surface area contributed by atoms with E-state index >= 15 is 0 Å². The van der Waals surface area contributed by atoms with Crippen LogP contribution in [-0.4, -0.2) is 24.5 Å². The lowest BCUT2D eigenvalue weighted by molar-refractivity contribution is 0.270. The average molecular weight is 125 g/mol. The second-order valence-corrected chi connectivity index (χ2v) is 3.10. The molecule has 2 rings (SSSR count). The molecule has 2 heterocycles. The molecule has 2 fully saturated rings. The van der Waals surface area contributed by atoms with Gasteiger partial charge in [-0.15, -0.1) is 0 Å². The van der Waals surface area contributed by atoms with Crippen molar-refractivity contribution in [2.24, 2.45) is 5.92 Å². The van der Waals surface area contributed by atoms with Crippen LogP contribution in [0.3, 0.4) is 0 Å². The van der Waals surface area contributed by atoms with Gasteiger partial charge in [0.15, 0.2) is 0 Å². The van der Waals surface area contributed by atoms with Crippen molar-refractivity contribution in [3.63, 3.8) is 0 Å². The maximum absolute atomic E-state index is 2.59. The number of rotatable bonds is 0. The molecule has 2 aliphatic heterocycles. The first kappa shape index (κ1) is 7.03. The molecule has 0 aromatic carbocycles. The first-order chi connectivity index (χ1) is 3.95. The van der Waals surface area contributed by atoms with Crippen molar-refractivity contribution in [3.8, 4) is 0 Å². The maximum Gasteiger partial charge on any atom is 0.00101 e. The number of piperidine rings is 1. The van der Waals surface area contributed by atoms with E-state index in [2.05, 4.69) is 4.90 Å². The van der Waals surface area contributed by atoms with Gasteiger partial charge in [-0.25, -0.2) is 0 Å². The topological polar surface area (TPSA) is 33.7 Å². The van der Waals surface area contributed by atoms with E-state index in [4.69, 9.17) is 0 Å². The number of hydrogen-bond acceptors (Lipinski definition) is 1. The van der Waals surface area contributed by atoms with Crippen LogP contribution in [0.5, 0.6) is 0 Å². The van der Waals surface area contributed by atoms with Crippen molar-refractivity contribution < 1.29 is 0 Å². The van der Waals surface area contributed by atoms with Crippen LogP contribution in [0, 0.1) is 5.92 Å². The average Bonchev–Trinajstić information content (AvgIpc) is 2.12. The lowest BCUT2D eigenvalue weighted by Gasteiger charge is -2.20. The minimum atomic E-state index is 0. The zero-order valence-electron chi connectivity index (χ0n) is 5.71. The van der Waals surface area contributed by atoms with Crippen LogP contribution in [0.4, 0.5) is 0 Å². The van der Waals surface area contributed by atoms with Crippen molar-refractivity contribution in [2.45, 2.75) is 19.3 Å². The molecule has 9 heavy (non-hydrogen) atoms. The number of fused-ring (bicyclic) bond motifs is 2. The Labute approximate surface area is 56.8 Å². The standard InChI is InChI=1S/C7H13N.N/c1-2-7-3-5-8(4-1)6-7;/h7H,1-6H2;. The van der Waals surface area contributed by atoms with E-state index in [1.807, 2.05) is 0 Å². The highest BCUT2D eigenvalue weighted by Crippen LogP contribution is 2.25. The van der Waals surface area contributed by atoms with Gasteiger partial charge in [-0.05, 0) is 38.3 Å². The predicted molar refractivity (Wildman–Crippen MR) is 35.9 cm³/mol. The predicted octanol–water partition coefficient (Wildman–Crippen LogP) is 0.622. The largest absolute Gasteiger partial charge is 0.303 e. The van der Waals surface area contributed by atoms with Crippen molar-refractivity contribution in [1.82, 2.24) is 11.1 Å². The Morgan fingerprint density at radius 2 is 2.00 bits per heavy atom. The van der Waals surface area contributed by atoms with Crippen LogP contribution in [0.25, 0.3) is 0 Å². The van der Waals surface area contributed by atoms with E-state index in [0.717, 1.165) is 5.92 Å². The van der Waals surface area contributed by atoms with Gasteiger partial charge in [-0.1, -0.05) is 0 Å². The van der Waals surface area contributed by atoms with E-state index < -0.39 is 0 Å². The number of nitrogens with zero attached hydrogens (tertiary/aromatic N) is 2. The molecule has 2 saturated heterocycles. The van der Waals surface area contributed by atoms with Crippen molar-refractivity contribution in [3.05, 3.63) is 0 Å². The Morgan fingerprint density at radius 3 is 2.67 bits per heavy atom. The molecule has 2 aliphatic rings. The molecule has 2 bridgehead atoms. The fraction of sp³-hybridized carbons (Fsp3) is 1.00. The van der Waals surface area contributed by atoms with Crippen LogP contribution in [0.15, 0.2) is 0 Å². The van der Waals surface area contributed by atoms with E-state index in [0.29, 0.717) is 0 Å². The maximum atomic E-state index is 2.59. The molecule has 2 nitrogen and oxygen atoms in total. The van der Waals surface area contributed by atoms with Gasteiger partial charge in [0.1, 0.15) is 0 Å². The molecule has 2 atom stereocenters. The third-order valence-electron chi connectivity index (χ3n) is 2.46. The van der Waals surface area contributed by atoms with Crippen LogP contribution in [0.1, 0.15) is 19.3 Å². The van der Waals surface area contributed by atoms with Gasteiger partial charge in [0.05, 0.1) is 0 Å². The summed E-state index contributed by atoms with van der Waals surface area (Å²) in [6.07, 6.45) is 4.46. The normalized spacial score (nSPS) is 40.0. The van der Waals surface area contributed by atoms with Crippen LogP contribution in [-0.2, 0) is 0 Å². The molecule has 2 unspecified atom stereocenters. The van der Waals surface area contributed by atoms with Crippen LogP contribution in [0.2, 0.25) is 0 Å². The summed E-state index contributed by atoms with van der Waals surface area (Å²) < 4.78 is 0. The van der Waals surface area contributed by atoms with Crippen molar-refractivity contribution in [2.75, 3.05) is 19.6 Å². The summed E-state index contributed by atoms with van der Waals surface area (Å²) in [6.45, 7) is 4.20. The minimum absolute atomic E-state index is 0. The Kier molecular flexibility index (Phi) is 2.09. The summed E-state index contributed by atoms with van der Waals surface area (Å²) in [6, 6.07) is 0. The Balaban J connectivity index is 0.000000405. The molecule has 0 spiro atoms. The Bertz CT molecular complexity index is 78.9. The third-order valence-corrected chi connectivity index (χ3v) is 2.46. The van der Waals surface area contributed by atoms with Gasteiger partial charge in [-0.2, -0.15) is 0 Å². The lowest BCUT2D eigenvalue weighted by Crippen LogP contribution is -2.25. The van der Waals surface area contributed by atoms with E-state index in [1.54, 1.807) is 0 Å². The summed E-state index contributed by atoms with van der Waals surface area (Å²) >= 11 is 0. The second-order valence-electron chi connectivity index (χ2n) is 3.10. The van der Waals surface area contributed by atoms with Crippen molar-refractivity contribution in [1.29, 1.82) is 0 Å². The molecular formula is C7H13N2. The first-order valence-corrected chi connectivity index (χ1v) is 3.67. The van der Waals surface area contributed by atoms with Gasteiger partial charge in [-0.3, -0.25) is 0 Å². The van der Waals surface area contributed by atoms with Gasteiger partial charge < -0.3 is 4.90 Å². The van der Waals surface area contributed by atoms with Gasteiger partial charge >= 0.3 is 0 Å². The monoisotopic (exact) mass is 125 g/mol. The van der Waals surface area contributed by atoms with E-state index in [-0.39, 0.29) is 6.15 Å². The summed E-state index contributed by atoms with van der Waals surface area (Å²) in [5.74, 6) is 1.09. The molecule has 0 aromatic heterocycles. The highest BCUT2D eigenvalue weighted by molar-refractivity contribution is 4.79. The molecular weight excluding hydrogens is 112 g/mol. The Hall–Kier alpha value is -0.0800. The quantitative estimate of drug-likeness (QED) is 0.467. The van der Waals surface area contributed by atoms with Crippen molar-refractivity contribution >= 4 is 0 Å². The SMILES string of the molecule is C1CC2CCN(C1)C2.[N]. The highest BCUT2D eigenvalue weighted by atomic mass is 15.1. The zero-order valence-corrected chi connectivity index (χ0v) is 5.71. The van der Waals surface area contributed by atoms with Gasteiger partial charge in [0, 0.05) is 12.7 Å². The van der Waals surface area contributed by atoms with Crippen LogP contribution < -0.4 is 6.15 Å². The van der Waals surface area contributed by atoms with E-state index in [9.17, 15) is 0 Å². The fourth-order valence-corrected chi connectivity index (χ4v) is 1.96. The molecule has 0 saturated carbocycles. The zero-order chi connectivity index (χ0) is 5.40. The molecule has 0 aromatic rings. The second kappa shape index (κ2) is 2.67. The molecule has 3 radical (unpaired) electrons. The van der Waals surface area contributed by atoms with Crippen LogP contribution >= 0.6 is 0 Å². The molecule has 51 valence electrons. The number of hydrogen-bond donors (Lipinski definition) is 0. The smallest absolute Gasteiger partial charge is 0.00101 e. The molecule has 0 amide bonds. The fourth-order valence-electron chi connectivity index (χ4n) is 1.96. The van der Waals surface area contributed by atoms with Gasteiger partial charge in [0.25, 0.3) is 0 Å². The molecule has 2 heteroatoms. The lowest BCUT2D eigenvalue weighted by atomic mass is 10.0. The molecule has 0 N–H and O–H groups in total. The summed E-state index contributed by atoms with van der Waals surface area (Å²) in [5, 5.41) is 0. The van der Waals surface area contributed by atoms with E-state index in [1.165, 1.54) is 38.9 Å². The first-order valence-electron chi connectivity index (χ1n) is 3.67. The Morgan fingerprint density at radius 1 is 1.11 bits per heavy atom. The highest BCUT2D eigenvalue weighted by Gasteiger charge is 2.25.